The Labute approximate surface area is 110 Å². The van der Waals surface area contributed by atoms with E-state index in [1.54, 1.807) is 0 Å². The predicted octanol–water partition coefficient (Wildman–Crippen LogP) is 2.35. The van der Waals surface area contributed by atoms with Crippen molar-refractivity contribution in [2.24, 2.45) is 5.73 Å². The number of halogens is 2. The van der Waals surface area contributed by atoms with Gasteiger partial charge in [0.15, 0.2) is 17.3 Å². The van der Waals surface area contributed by atoms with Crippen molar-refractivity contribution in [3.63, 3.8) is 0 Å². The quantitative estimate of drug-likeness (QED) is 0.808. The molecule has 0 saturated heterocycles. The second-order valence-corrected chi connectivity index (χ2v) is 4.10. The van der Waals surface area contributed by atoms with Crippen molar-refractivity contribution in [1.82, 2.24) is 0 Å². The summed E-state index contributed by atoms with van der Waals surface area (Å²) in [5.41, 5.74) is 4.82. The SMILES string of the molecule is COc1cc(C(=O)CCN)c(C(C)(F)F)cc1OC. The minimum Gasteiger partial charge on any atom is -0.493 e. The zero-order chi connectivity index (χ0) is 14.6. The summed E-state index contributed by atoms with van der Waals surface area (Å²) in [6.07, 6.45) is -0.00143. The smallest absolute Gasteiger partial charge is 0.271 e. The minimum atomic E-state index is -3.15. The number of carbonyl (C=O) groups is 1. The summed E-state index contributed by atoms with van der Waals surface area (Å²) in [6.45, 7) is 0.829. The average molecular weight is 273 g/mol. The van der Waals surface area contributed by atoms with Gasteiger partial charge in [0.05, 0.1) is 14.2 Å². The molecule has 0 aliphatic rings. The van der Waals surface area contributed by atoms with Gasteiger partial charge in [-0.1, -0.05) is 0 Å². The molecule has 106 valence electrons. The van der Waals surface area contributed by atoms with Crippen molar-refractivity contribution >= 4 is 5.78 Å². The van der Waals surface area contributed by atoms with E-state index in [1.807, 2.05) is 0 Å². The van der Waals surface area contributed by atoms with Crippen LogP contribution in [0.3, 0.4) is 0 Å². The second-order valence-electron chi connectivity index (χ2n) is 4.10. The molecule has 2 N–H and O–H groups in total. The van der Waals surface area contributed by atoms with Crippen molar-refractivity contribution in [2.75, 3.05) is 20.8 Å². The molecule has 0 aliphatic heterocycles. The Morgan fingerprint density at radius 3 is 2.21 bits per heavy atom. The highest BCUT2D eigenvalue weighted by atomic mass is 19.3. The van der Waals surface area contributed by atoms with E-state index in [9.17, 15) is 13.6 Å². The first-order valence-electron chi connectivity index (χ1n) is 5.72. The number of alkyl halides is 2. The van der Waals surface area contributed by atoms with Gasteiger partial charge in [-0.25, -0.2) is 8.78 Å². The molecule has 0 amide bonds. The van der Waals surface area contributed by atoms with Crippen molar-refractivity contribution in [1.29, 1.82) is 0 Å². The van der Waals surface area contributed by atoms with Gasteiger partial charge in [0.1, 0.15) is 0 Å². The largest absolute Gasteiger partial charge is 0.493 e. The molecule has 1 aromatic carbocycles. The molecule has 0 aliphatic carbocycles. The number of carbonyl (C=O) groups excluding carboxylic acids is 1. The molecular weight excluding hydrogens is 256 g/mol. The summed E-state index contributed by atoms with van der Waals surface area (Å²) in [5, 5.41) is 0. The van der Waals surface area contributed by atoms with Gasteiger partial charge in [-0.05, 0) is 18.7 Å². The molecule has 0 radical (unpaired) electrons. The van der Waals surface area contributed by atoms with E-state index in [0.29, 0.717) is 0 Å². The van der Waals surface area contributed by atoms with E-state index in [0.717, 1.165) is 13.0 Å². The van der Waals surface area contributed by atoms with Crippen LogP contribution in [-0.4, -0.2) is 26.5 Å². The van der Waals surface area contributed by atoms with Gasteiger partial charge < -0.3 is 15.2 Å². The molecule has 0 heterocycles. The van der Waals surface area contributed by atoms with E-state index in [-0.39, 0.29) is 35.6 Å². The molecule has 1 aromatic rings. The third-order valence-corrected chi connectivity index (χ3v) is 2.67. The lowest BCUT2D eigenvalue weighted by Gasteiger charge is -2.18. The number of Topliss-reactive ketones (excluding diaryl/α,β-unsaturated/α-hetero) is 1. The number of ether oxygens (including phenoxy) is 2. The first kappa shape index (κ1) is 15.4. The summed E-state index contributed by atoms with van der Waals surface area (Å²) in [7, 11) is 2.72. The fourth-order valence-corrected chi connectivity index (χ4v) is 1.74. The molecule has 0 spiro atoms. The first-order valence-corrected chi connectivity index (χ1v) is 5.72. The predicted molar refractivity (Wildman–Crippen MR) is 67.1 cm³/mol. The Hall–Kier alpha value is -1.69. The molecule has 4 nitrogen and oxygen atoms in total. The summed E-state index contributed by atoms with van der Waals surface area (Å²) < 4.78 is 37.2. The summed E-state index contributed by atoms with van der Waals surface area (Å²) in [5.74, 6) is -3.21. The Balaban J connectivity index is 3.45. The standard InChI is InChI=1S/C13H17F2NO3/c1-13(14,15)9-7-12(19-3)11(18-2)6-8(9)10(17)4-5-16/h6-7H,4-5,16H2,1-3H3. The number of hydrogen-bond donors (Lipinski definition) is 1. The highest BCUT2D eigenvalue weighted by molar-refractivity contribution is 5.98. The van der Waals surface area contributed by atoms with E-state index in [1.165, 1.54) is 20.3 Å². The zero-order valence-corrected chi connectivity index (χ0v) is 11.1. The van der Waals surface area contributed by atoms with Crippen molar-refractivity contribution in [3.8, 4) is 11.5 Å². The summed E-state index contributed by atoms with van der Waals surface area (Å²) in [4.78, 5) is 11.9. The molecule has 0 atom stereocenters. The Bertz CT molecular complexity index is 470. The highest BCUT2D eigenvalue weighted by Crippen LogP contribution is 2.38. The number of rotatable bonds is 6. The van der Waals surface area contributed by atoms with Crippen LogP contribution >= 0.6 is 0 Å². The number of ketones is 1. The first-order chi connectivity index (χ1) is 8.85. The molecule has 0 aromatic heterocycles. The molecule has 0 bridgehead atoms. The van der Waals surface area contributed by atoms with E-state index < -0.39 is 11.7 Å². The van der Waals surface area contributed by atoms with Crippen LogP contribution in [-0.2, 0) is 5.92 Å². The fraction of sp³-hybridized carbons (Fsp3) is 0.462. The van der Waals surface area contributed by atoms with Crippen LogP contribution in [0.4, 0.5) is 8.78 Å². The normalized spacial score (nSPS) is 11.3. The summed E-state index contributed by atoms with van der Waals surface area (Å²) in [6, 6.07) is 2.39. The van der Waals surface area contributed by atoms with Crippen LogP contribution in [0.25, 0.3) is 0 Å². The van der Waals surface area contributed by atoms with Gasteiger partial charge in [0.25, 0.3) is 5.92 Å². The Kier molecular flexibility index (Phi) is 4.83. The second kappa shape index (κ2) is 5.97. The van der Waals surface area contributed by atoms with Gasteiger partial charge in [-0.3, -0.25) is 4.79 Å². The van der Waals surface area contributed by atoms with Crippen LogP contribution in [0.5, 0.6) is 11.5 Å². The Morgan fingerprint density at radius 2 is 1.79 bits per heavy atom. The van der Waals surface area contributed by atoms with Gasteiger partial charge in [0, 0.05) is 24.5 Å². The van der Waals surface area contributed by atoms with E-state index in [4.69, 9.17) is 15.2 Å². The van der Waals surface area contributed by atoms with Crippen LogP contribution in [0.1, 0.15) is 29.3 Å². The maximum Gasteiger partial charge on any atom is 0.271 e. The van der Waals surface area contributed by atoms with Crippen LogP contribution in [0.15, 0.2) is 12.1 Å². The van der Waals surface area contributed by atoms with Crippen molar-refractivity contribution < 1.29 is 23.0 Å². The Morgan fingerprint density at radius 1 is 1.26 bits per heavy atom. The number of benzene rings is 1. The van der Waals surface area contributed by atoms with Crippen LogP contribution in [0.2, 0.25) is 0 Å². The zero-order valence-electron chi connectivity index (χ0n) is 11.1. The molecule has 0 saturated carbocycles. The fourth-order valence-electron chi connectivity index (χ4n) is 1.74. The minimum absolute atomic E-state index is 0.00143. The molecular formula is C13H17F2NO3. The van der Waals surface area contributed by atoms with Crippen LogP contribution in [0, 0.1) is 0 Å². The lowest BCUT2D eigenvalue weighted by molar-refractivity contribution is 0.0161. The van der Waals surface area contributed by atoms with Crippen molar-refractivity contribution in [2.45, 2.75) is 19.3 Å². The topological polar surface area (TPSA) is 61.5 Å². The lowest BCUT2D eigenvalue weighted by atomic mass is 9.96. The van der Waals surface area contributed by atoms with E-state index >= 15 is 0 Å². The molecule has 19 heavy (non-hydrogen) atoms. The molecule has 0 unspecified atom stereocenters. The van der Waals surface area contributed by atoms with E-state index in [2.05, 4.69) is 0 Å². The third kappa shape index (κ3) is 3.41. The number of methoxy groups -OCH3 is 2. The van der Waals surface area contributed by atoms with Crippen LogP contribution < -0.4 is 15.2 Å². The van der Waals surface area contributed by atoms with Crippen molar-refractivity contribution in [3.05, 3.63) is 23.3 Å². The number of hydrogen-bond acceptors (Lipinski definition) is 4. The lowest BCUT2D eigenvalue weighted by Crippen LogP contribution is -2.17. The monoisotopic (exact) mass is 273 g/mol. The van der Waals surface area contributed by atoms with Gasteiger partial charge in [-0.15, -0.1) is 0 Å². The molecule has 1 rings (SSSR count). The third-order valence-electron chi connectivity index (χ3n) is 2.67. The molecule has 6 heteroatoms. The van der Waals surface area contributed by atoms with Gasteiger partial charge in [-0.2, -0.15) is 0 Å². The molecule has 0 fully saturated rings. The number of nitrogens with two attached hydrogens (primary N) is 1. The van der Waals surface area contributed by atoms with Gasteiger partial charge in [0.2, 0.25) is 0 Å². The maximum absolute atomic E-state index is 13.6. The summed E-state index contributed by atoms with van der Waals surface area (Å²) >= 11 is 0. The average Bonchev–Trinajstić information content (AvgIpc) is 2.36. The maximum atomic E-state index is 13.6. The highest BCUT2D eigenvalue weighted by Gasteiger charge is 2.31. The van der Waals surface area contributed by atoms with Gasteiger partial charge >= 0.3 is 0 Å².